The largest absolute Gasteiger partial charge is 0.454 e. The molecule has 0 radical (unpaired) electrons. The van der Waals surface area contributed by atoms with Crippen LogP contribution in [0.25, 0.3) is 0 Å². The van der Waals surface area contributed by atoms with Crippen molar-refractivity contribution in [2.75, 3.05) is 0 Å². The Kier molecular flexibility index (Phi) is 11.5. The first kappa shape index (κ1) is 41.0. The van der Waals surface area contributed by atoms with Crippen molar-refractivity contribution in [3.05, 3.63) is 182 Å². The van der Waals surface area contributed by atoms with Crippen molar-refractivity contribution >= 4 is 73.2 Å². The zero-order valence-electron chi connectivity index (χ0n) is 29.2. The second-order valence-corrected chi connectivity index (χ2v) is 17.4. The van der Waals surface area contributed by atoms with E-state index in [2.05, 4.69) is 25.9 Å². The maximum Gasteiger partial charge on any atom is 0.254 e. The standard InChI is InChI=1S/C40H26BBrClF10N2P/c1-20-10-4-7-13-25(20)56(26-14-8-5-11-21(26)2,27-15-9-6-12-22(27)3)55-40(23-16-18-24(42)19-17-23)54-41(43,28-30(44)34(48)38(52)35(49)31(28)45)29-32(46)36(50)39(53)37(51)33(29)47/h4-19H,1-3H3,(H,54,55). The van der Waals surface area contributed by atoms with Crippen LogP contribution in [-0.2, 0) is 0 Å². The Labute approximate surface area is 328 Å². The van der Waals surface area contributed by atoms with Crippen molar-refractivity contribution in [1.82, 2.24) is 5.09 Å². The molecule has 0 aliphatic rings. The summed E-state index contributed by atoms with van der Waals surface area (Å²) < 4.78 is 153. The summed E-state index contributed by atoms with van der Waals surface area (Å²) in [5.41, 5.74) is -7.31. The molecule has 0 heterocycles. The molecule has 288 valence electrons. The molecule has 0 saturated heterocycles. The highest BCUT2D eigenvalue weighted by Crippen LogP contribution is 2.54. The van der Waals surface area contributed by atoms with Gasteiger partial charge < -0.3 is 16.4 Å². The summed E-state index contributed by atoms with van der Waals surface area (Å²) in [6, 6.07) is 27.0. The molecule has 0 amide bonds. The van der Waals surface area contributed by atoms with E-state index in [1.165, 1.54) is 24.3 Å². The second-order valence-electron chi connectivity index (χ2n) is 12.8. The molecule has 56 heavy (non-hydrogen) atoms. The summed E-state index contributed by atoms with van der Waals surface area (Å²) in [4.78, 5) is 4.24. The van der Waals surface area contributed by atoms with Crippen molar-refractivity contribution in [2.24, 2.45) is 4.90 Å². The van der Waals surface area contributed by atoms with E-state index in [1.54, 1.807) is 93.6 Å². The first-order chi connectivity index (χ1) is 26.5. The quantitative estimate of drug-likeness (QED) is 0.0308. The van der Waals surface area contributed by atoms with E-state index < -0.39 is 88.0 Å². The van der Waals surface area contributed by atoms with E-state index in [1.807, 2.05) is 0 Å². The Hall–Kier alpha value is -4.65. The molecule has 0 aliphatic carbocycles. The molecule has 0 spiro atoms. The van der Waals surface area contributed by atoms with Gasteiger partial charge in [0.05, 0.1) is 0 Å². The molecule has 0 aromatic heterocycles. The van der Waals surface area contributed by atoms with Gasteiger partial charge in [-0.1, -0.05) is 93.6 Å². The van der Waals surface area contributed by atoms with Crippen LogP contribution in [0, 0.1) is 78.9 Å². The van der Waals surface area contributed by atoms with Gasteiger partial charge in [0.15, 0.2) is 34.9 Å². The highest BCUT2D eigenvalue weighted by atomic mass is 79.9. The fourth-order valence-corrected chi connectivity index (χ4v) is 11.8. The first-order valence-electron chi connectivity index (χ1n) is 16.6. The van der Waals surface area contributed by atoms with E-state index in [4.69, 9.17) is 11.5 Å². The Morgan fingerprint density at radius 2 is 0.804 bits per heavy atom. The maximum atomic E-state index is 15.9. The lowest BCUT2D eigenvalue weighted by Gasteiger charge is -2.37. The predicted octanol–water partition coefficient (Wildman–Crippen LogP) is 9.51. The highest BCUT2D eigenvalue weighted by Gasteiger charge is 2.51. The zero-order chi connectivity index (χ0) is 40.9. The summed E-state index contributed by atoms with van der Waals surface area (Å²) in [5, 5.41) is 5.29. The number of halogens is 12. The van der Waals surface area contributed by atoms with Gasteiger partial charge in [-0.3, -0.25) is 0 Å². The normalized spacial score (nSPS) is 12.3. The lowest BCUT2D eigenvalue weighted by Crippen LogP contribution is -2.60. The van der Waals surface area contributed by atoms with Crippen LogP contribution < -0.4 is 31.9 Å². The average Bonchev–Trinajstić information content (AvgIpc) is 3.17. The topological polar surface area (TPSA) is 24.4 Å². The fraction of sp³-hybridized carbons (Fsp3) is 0.0750. The van der Waals surface area contributed by atoms with Gasteiger partial charge in [-0.25, -0.2) is 49.0 Å². The number of aryl methyl sites for hydroxylation is 3. The molecular formula is C40H26BBrClF10N2P. The van der Waals surface area contributed by atoms with Crippen molar-refractivity contribution in [2.45, 2.75) is 20.8 Å². The highest BCUT2D eigenvalue weighted by molar-refractivity contribution is 9.10. The summed E-state index contributed by atoms with van der Waals surface area (Å²) >= 11 is 10.1. The van der Waals surface area contributed by atoms with Crippen LogP contribution in [0.15, 0.2) is 106 Å². The Morgan fingerprint density at radius 3 is 1.12 bits per heavy atom. The fourth-order valence-electron chi connectivity index (χ4n) is 6.69. The van der Waals surface area contributed by atoms with Crippen LogP contribution in [0.5, 0.6) is 0 Å². The van der Waals surface area contributed by atoms with E-state index in [9.17, 15) is 8.78 Å². The molecular weight excluding hydrogens is 856 g/mol. The number of hydrogen-bond donors (Lipinski definition) is 1. The smallest absolute Gasteiger partial charge is 0.254 e. The molecule has 0 atom stereocenters. The van der Waals surface area contributed by atoms with E-state index in [0.717, 1.165) is 0 Å². The van der Waals surface area contributed by atoms with E-state index in [0.29, 0.717) is 37.1 Å². The number of hydrogen-bond acceptors (Lipinski definition) is 1. The third-order valence-electron chi connectivity index (χ3n) is 9.38. The number of nitrogens with one attached hydrogen (secondary N) is 1. The number of rotatable bonds is 8. The van der Waals surface area contributed by atoms with Crippen LogP contribution >= 0.6 is 34.8 Å². The SMILES string of the molecule is Cc1ccccc1[P+](N/C(=N/[B-](Cl)(c1c(F)c(F)c(F)c(F)c1F)c1c(F)c(F)c(F)c(F)c1F)c1ccc(Br)cc1)(c1ccccc1C)c1ccccc1C. The van der Waals surface area contributed by atoms with Crippen LogP contribution in [0.1, 0.15) is 22.3 Å². The summed E-state index contributed by atoms with van der Waals surface area (Å²) in [6.07, 6.45) is 0. The van der Waals surface area contributed by atoms with Gasteiger partial charge >= 0.3 is 0 Å². The van der Waals surface area contributed by atoms with Gasteiger partial charge in [0.1, 0.15) is 45.0 Å². The number of nitrogens with zero attached hydrogens (tertiary/aromatic N) is 1. The monoisotopic (exact) mass is 880 g/mol. The molecule has 0 fully saturated rings. The van der Waals surface area contributed by atoms with Gasteiger partial charge in [-0.05, 0) is 67.8 Å². The van der Waals surface area contributed by atoms with Gasteiger partial charge in [0, 0.05) is 10.0 Å². The first-order valence-corrected chi connectivity index (χ1v) is 19.6. The van der Waals surface area contributed by atoms with Crippen molar-refractivity contribution in [3.63, 3.8) is 0 Å². The van der Waals surface area contributed by atoms with Crippen molar-refractivity contribution in [1.29, 1.82) is 0 Å². The Balaban J connectivity index is 1.87. The van der Waals surface area contributed by atoms with Crippen LogP contribution in [-0.4, -0.2) is 11.5 Å². The van der Waals surface area contributed by atoms with Gasteiger partial charge in [-0.15, -0.1) is 0 Å². The molecule has 0 saturated carbocycles. The molecule has 2 nitrogen and oxygen atoms in total. The second kappa shape index (κ2) is 15.7. The molecule has 6 aromatic carbocycles. The summed E-state index contributed by atoms with van der Waals surface area (Å²) in [6.45, 7) is 5.41. The summed E-state index contributed by atoms with van der Waals surface area (Å²) in [7, 11) is -3.50. The average molecular weight is 882 g/mol. The molecule has 16 heteroatoms. The van der Waals surface area contributed by atoms with Gasteiger partial charge in [0.25, 0.3) is 5.70 Å². The number of benzene rings is 6. The van der Waals surface area contributed by atoms with Gasteiger partial charge in [-0.2, -0.15) is 0 Å². The molecule has 1 N–H and O–H groups in total. The lowest BCUT2D eigenvalue weighted by atomic mass is 9.48. The molecule has 0 unspecified atom stereocenters. The Bertz CT molecular complexity index is 2320. The van der Waals surface area contributed by atoms with Crippen molar-refractivity contribution in [3.8, 4) is 0 Å². The minimum absolute atomic E-state index is 0.0343. The zero-order valence-corrected chi connectivity index (χ0v) is 32.5. The minimum Gasteiger partial charge on any atom is -0.454 e. The van der Waals surface area contributed by atoms with Crippen LogP contribution in [0.3, 0.4) is 0 Å². The van der Waals surface area contributed by atoms with Crippen molar-refractivity contribution < 1.29 is 43.9 Å². The van der Waals surface area contributed by atoms with Gasteiger partial charge in [0.2, 0.25) is 7.41 Å². The third kappa shape index (κ3) is 6.79. The molecule has 0 bridgehead atoms. The molecule has 6 aromatic rings. The number of amidine groups is 1. The minimum atomic E-state index is -5.10. The molecule has 0 aliphatic heterocycles. The summed E-state index contributed by atoms with van der Waals surface area (Å²) in [5.74, 6) is -27.2. The van der Waals surface area contributed by atoms with Crippen LogP contribution in [0.2, 0.25) is 0 Å². The van der Waals surface area contributed by atoms with E-state index >= 15 is 35.1 Å². The predicted molar refractivity (Wildman–Crippen MR) is 207 cm³/mol. The van der Waals surface area contributed by atoms with Crippen LogP contribution in [0.4, 0.5) is 43.9 Å². The third-order valence-corrected chi connectivity index (χ3v) is 14.7. The maximum absolute atomic E-state index is 15.9. The molecule has 6 rings (SSSR count). The Morgan fingerprint density at radius 1 is 0.500 bits per heavy atom. The van der Waals surface area contributed by atoms with E-state index in [-0.39, 0.29) is 5.56 Å². The lowest BCUT2D eigenvalue weighted by molar-refractivity contribution is 0.382.